The molecule has 0 aliphatic heterocycles. The second-order valence-corrected chi connectivity index (χ2v) is 20.5. The highest BCUT2D eigenvalue weighted by atomic mass is 32.1. The normalized spacial score (nSPS) is 12.1. The van der Waals surface area contributed by atoms with Crippen LogP contribution in [0.2, 0.25) is 0 Å². The van der Waals surface area contributed by atoms with Crippen molar-refractivity contribution in [1.29, 1.82) is 0 Å². The predicted octanol–water partition coefficient (Wildman–Crippen LogP) is 19.9. The van der Waals surface area contributed by atoms with Crippen LogP contribution in [0.3, 0.4) is 0 Å². The highest BCUT2D eigenvalue weighted by molar-refractivity contribution is 7.22. The Morgan fingerprint density at radius 1 is 0.206 bits per heavy atom. The first-order valence-corrected chi connectivity index (χ1v) is 25.0. The van der Waals surface area contributed by atoms with Crippen LogP contribution in [0.4, 0.5) is 0 Å². The third kappa shape index (κ3) is 5.78. The summed E-state index contributed by atoms with van der Waals surface area (Å²) < 4.78 is 2.65. The average molecular weight is 895 g/mol. The molecule has 0 saturated heterocycles. The molecular weight excluding hydrogens is 857 g/mol. The van der Waals surface area contributed by atoms with E-state index in [1.807, 2.05) is 22.7 Å². The van der Waals surface area contributed by atoms with Crippen molar-refractivity contribution >= 4 is 107 Å². The minimum Gasteiger partial charge on any atom is -0.135 e. The molecule has 0 aliphatic rings. The van der Waals surface area contributed by atoms with E-state index < -0.39 is 0 Å². The van der Waals surface area contributed by atoms with Crippen molar-refractivity contribution in [2.45, 2.75) is 0 Å². The molecule has 0 aliphatic carbocycles. The number of rotatable bonds is 6. The predicted molar refractivity (Wildman–Crippen MR) is 297 cm³/mol. The van der Waals surface area contributed by atoms with Crippen LogP contribution in [0.25, 0.3) is 150 Å². The van der Waals surface area contributed by atoms with Crippen LogP contribution in [-0.2, 0) is 0 Å². The summed E-state index contributed by atoms with van der Waals surface area (Å²) in [5.41, 5.74) is 12.4. The molecule has 2 heterocycles. The van der Waals surface area contributed by atoms with Crippen molar-refractivity contribution in [3.8, 4) is 65.4 Å². The lowest BCUT2D eigenvalue weighted by Crippen LogP contribution is -1.89. The van der Waals surface area contributed by atoms with Gasteiger partial charge in [-0.3, -0.25) is 0 Å². The van der Waals surface area contributed by atoms with Crippen LogP contribution < -0.4 is 0 Å². The minimum atomic E-state index is 1.21. The molecule has 0 bridgehead atoms. The summed E-state index contributed by atoms with van der Waals surface area (Å²) in [5.74, 6) is 0. The van der Waals surface area contributed by atoms with Gasteiger partial charge in [0.1, 0.15) is 0 Å². The zero-order valence-corrected chi connectivity index (χ0v) is 38.4. The van der Waals surface area contributed by atoms with Crippen LogP contribution >= 0.6 is 22.7 Å². The molecule has 2 aromatic heterocycles. The van der Waals surface area contributed by atoms with Gasteiger partial charge in [-0.25, -0.2) is 0 Å². The monoisotopic (exact) mass is 894 g/mol. The Bertz CT molecular complexity index is 4130. The summed E-state index contributed by atoms with van der Waals surface area (Å²) in [6, 6.07) is 86.5. The van der Waals surface area contributed by atoms with Gasteiger partial charge in [-0.1, -0.05) is 194 Å². The van der Waals surface area contributed by atoms with Gasteiger partial charge in [0, 0.05) is 19.2 Å². The van der Waals surface area contributed by atoms with Crippen LogP contribution in [0.1, 0.15) is 0 Å². The van der Waals surface area contributed by atoms with Crippen molar-refractivity contribution in [2.24, 2.45) is 0 Å². The molecule has 0 radical (unpaired) electrons. The van der Waals surface area contributed by atoms with Crippen LogP contribution in [-0.4, -0.2) is 0 Å². The molecule has 0 amide bonds. The lowest BCUT2D eigenvalue weighted by Gasteiger charge is -2.16. The van der Waals surface area contributed by atoms with Crippen molar-refractivity contribution < 1.29 is 0 Å². The number of benzene rings is 13. The third-order valence-corrected chi connectivity index (χ3v) is 16.9. The largest absolute Gasteiger partial charge is 0.135 e. The van der Waals surface area contributed by atoms with Gasteiger partial charge in [0.15, 0.2) is 0 Å². The molecule has 15 rings (SSSR count). The summed E-state index contributed by atoms with van der Waals surface area (Å²) in [4.78, 5) is 2.63. The Labute approximate surface area is 400 Å². The molecule has 2 heteroatoms. The lowest BCUT2D eigenvalue weighted by molar-refractivity contribution is 1.58. The summed E-state index contributed by atoms with van der Waals surface area (Å²) in [5, 5.41) is 18.4. The fourth-order valence-corrected chi connectivity index (χ4v) is 13.6. The van der Waals surface area contributed by atoms with Crippen molar-refractivity contribution in [3.05, 3.63) is 231 Å². The Kier molecular flexibility index (Phi) is 8.21. The molecule has 0 N–H and O–H groups in total. The average Bonchev–Trinajstić information content (AvgIpc) is 4.04. The van der Waals surface area contributed by atoms with Crippen molar-refractivity contribution in [1.82, 2.24) is 0 Å². The van der Waals surface area contributed by atoms with E-state index >= 15 is 0 Å². The number of hydrogen-bond donors (Lipinski definition) is 0. The molecule has 0 nitrogen and oxygen atoms in total. The third-order valence-electron chi connectivity index (χ3n) is 14.6. The Balaban J connectivity index is 0.771. The van der Waals surface area contributed by atoms with E-state index in [1.54, 1.807) is 0 Å². The highest BCUT2D eigenvalue weighted by Gasteiger charge is 2.19. The molecule has 0 unspecified atom stereocenters. The van der Waals surface area contributed by atoms with E-state index in [0.717, 1.165) is 0 Å². The molecule has 15 aromatic rings. The molecule has 0 saturated carbocycles. The summed E-state index contributed by atoms with van der Waals surface area (Å²) >= 11 is 3.76. The number of thiophene rings is 2. The van der Waals surface area contributed by atoms with Gasteiger partial charge < -0.3 is 0 Å². The lowest BCUT2D eigenvalue weighted by atomic mass is 9.87. The zero-order valence-electron chi connectivity index (χ0n) is 36.8. The fraction of sp³-hybridized carbons (Fsp3) is 0. The van der Waals surface area contributed by atoms with E-state index in [0.29, 0.717) is 0 Å². The van der Waals surface area contributed by atoms with E-state index in [9.17, 15) is 0 Å². The fourth-order valence-electron chi connectivity index (χ4n) is 11.4. The summed E-state index contributed by atoms with van der Waals surface area (Å²) in [7, 11) is 0. The second kappa shape index (κ2) is 14.7. The van der Waals surface area contributed by atoms with Crippen LogP contribution in [0.5, 0.6) is 0 Å². The molecule has 0 atom stereocenters. The molecule has 13 aromatic carbocycles. The molecule has 0 fully saturated rings. The zero-order chi connectivity index (χ0) is 44.5. The van der Waals surface area contributed by atoms with Gasteiger partial charge in [0.2, 0.25) is 0 Å². The maximum absolute atomic E-state index is 2.36. The standard InChI is InChI=1S/C66H38S2/c1-3-13-59-49(7-1)37-61(67-59)53-29-21-43-23-31-55-51(27-19-41-25-33-57(53)65(43)63(41)55)47-11-5-9-45(35-47)39-15-17-40(18-16-39)46-10-6-12-48(36-46)52-28-20-42-26-34-58-54(62-38-50-8-2-4-14-60(50)68-62)30-22-44-24-32-56(52)64(42)66(44)58/h1-38H. The van der Waals surface area contributed by atoms with Crippen molar-refractivity contribution in [3.63, 3.8) is 0 Å². The maximum Gasteiger partial charge on any atom is 0.0361 e. The van der Waals surface area contributed by atoms with Gasteiger partial charge in [0.05, 0.1) is 0 Å². The second-order valence-electron chi connectivity index (χ2n) is 18.3. The van der Waals surface area contributed by atoms with E-state index in [4.69, 9.17) is 0 Å². The maximum atomic E-state index is 2.36. The van der Waals surface area contributed by atoms with Crippen LogP contribution in [0, 0.1) is 0 Å². The van der Waals surface area contributed by atoms with E-state index in [1.165, 1.54) is 150 Å². The van der Waals surface area contributed by atoms with Gasteiger partial charge in [0.25, 0.3) is 0 Å². The van der Waals surface area contributed by atoms with E-state index in [-0.39, 0.29) is 0 Å². The smallest absolute Gasteiger partial charge is 0.0361 e. The van der Waals surface area contributed by atoms with Gasteiger partial charge in [-0.15, -0.1) is 22.7 Å². The number of fused-ring (bicyclic) bond motifs is 2. The first-order chi connectivity index (χ1) is 33.7. The van der Waals surface area contributed by atoms with Crippen molar-refractivity contribution in [2.75, 3.05) is 0 Å². The SMILES string of the molecule is c1cc(-c2ccc(-c3cccc(-c4ccc5ccc6c(-c7cc8ccccc8s7)ccc7ccc4c5c76)c3)cc2)cc(-c2ccc3ccc4c(-c5cc6ccccc6s5)ccc5ccc2c3c54)c1. The molecule has 68 heavy (non-hydrogen) atoms. The molecule has 0 spiro atoms. The Morgan fingerprint density at radius 3 is 0.941 bits per heavy atom. The van der Waals surface area contributed by atoms with Gasteiger partial charge >= 0.3 is 0 Å². The quantitative estimate of drug-likeness (QED) is 0.146. The summed E-state index contributed by atoms with van der Waals surface area (Å²) in [6.45, 7) is 0. The molecule has 314 valence electrons. The topological polar surface area (TPSA) is 0 Å². The minimum absolute atomic E-state index is 1.21. The number of hydrogen-bond acceptors (Lipinski definition) is 2. The molecular formula is C66H38S2. The Morgan fingerprint density at radius 2 is 0.544 bits per heavy atom. The Hall–Kier alpha value is -8.14. The van der Waals surface area contributed by atoms with Crippen LogP contribution in [0.15, 0.2) is 231 Å². The summed E-state index contributed by atoms with van der Waals surface area (Å²) in [6.07, 6.45) is 0. The van der Waals surface area contributed by atoms with Gasteiger partial charge in [-0.05, 0) is 167 Å². The first kappa shape index (κ1) is 38.0. The first-order valence-electron chi connectivity index (χ1n) is 23.4. The highest BCUT2D eigenvalue weighted by Crippen LogP contribution is 2.47. The van der Waals surface area contributed by atoms with Gasteiger partial charge in [-0.2, -0.15) is 0 Å². The van der Waals surface area contributed by atoms with E-state index in [2.05, 4.69) is 231 Å².